The van der Waals surface area contributed by atoms with Crippen LogP contribution in [0.5, 0.6) is 0 Å². The van der Waals surface area contributed by atoms with E-state index < -0.39 is 0 Å². The van der Waals surface area contributed by atoms with E-state index in [-0.39, 0.29) is 0 Å². The van der Waals surface area contributed by atoms with E-state index in [1.807, 2.05) is 6.92 Å². The van der Waals surface area contributed by atoms with Crippen molar-refractivity contribution in [1.29, 1.82) is 0 Å². The van der Waals surface area contributed by atoms with Gasteiger partial charge in [0, 0.05) is 36.9 Å². The van der Waals surface area contributed by atoms with Crippen molar-refractivity contribution in [2.75, 3.05) is 23.3 Å². The van der Waals surface area contributed by atoms with Gasteiger partial charge in [-0.1, -0.05) is 0 Å². The van der Waals surface area contributed by atoms with Crippen LogP contribution in [0.25, 0.3) is 0 Å². The van der Waals surface area contributed by atoms with Gasteiger partial charge >= 0.3 is 0 Å². The van der Waals surface area contributed by atoms with E-state index in [0.717, 1.165) is 42.1 Å². The third-order valence-corrected chi connectivity index (χ3v) is 4.17. The Labute approximate surface area is 123 Å². The molecule has 3 rings (SSSR count). The Hall–Kier alpha value is -1.69. The van der Waals surface area contributed by atoms with Crippen molar-refractivity contribution >= 4 is 22.5 Å². The lowest BCUT2D eigenvalue weighted by Crippen LogP contribution is -2.19. The normalized spacial score (nSPS) is 14.8. The molecule has 0 aromatic carbocycles. The van der Waals surface area contributed by atoms with Gasteiger partial charge < -0.3 is 10.2 Å². The number of pyridine rings is 1. The quantitative estimate of drug-likeness (QED) is 0.938. The summed E-state index contributed by atoms with van der Waals surface area (Å²) in [6, 6.07) is 4.31. The van der Waals surface area contributed by atoms with Crippen LogP contribution < -0.4 is 10.2 Å². The number of nitrogens with one attached hydrogen (secondary N) is 1. The lowest BCUT2D eigenvalue weighted by Gasteiger charge is -2.18. The monoisotopic (exact) mass is 289 g/mol. The van der Waals surface area contributed by atoms with Crippen molar-refractivity contribution in [3.05, 3.63) is 29.2 Å². The Morgan fingerprint density at radius 1 is 1.20 bits per heavy atom. The van der Waals surface area contributed by atoms with E-state index in [1.165, 1.54) is 29.9 Å². The summed E-state index contributed by atoms with van der Waals surface area (Å²) >= 11 is 1.40. The molecule has 0 saturated carbocycles. The highest BCUT2D eigenvalue weighted by molar-refractivity contribution is 7.09. The maximum Gasteiger partial charge on any atom is 0.202 e. The highest BCUT2D eigenvalue weighted by Gasteiger charge is 2.14. The van der Waals surface area contributed by atoms with Crippen LogP contribution in [0.15, 0.2) is 12.1 Å². The molecule has 0 atom stereocenters. The number of anilines is 2. The van der Waals surface area contributed by atoms with E-state index in [4.69, 9.17) is 0 Å². The second-order valence-corrected chi connectivity index (χ2v) is 5.92. The van der Waals surface area contributed by atoms with Crippen LogP contribution in [0.4, 0.5) is 10.9 Å². The summed E-state index contributed by atoms with van der Waals surface area (Å²) in [6.45, 7) is 6.97. The zero-order valence-corrected chi connectivity index (χ0v) is 12.7. The fraction of sp³-hybridized carbons (Fsp3) is 0.500. The SMILES string of the molecule is Cc1cc(CNc2nc(C)ns2)cc(N2CCCC2)n1. The van der Waals surface area contributed by atoms with E-state index >= 15 is 0 Å². The van der Waals surface area contributed by atoms with Gasteiger partial charge in [-0.3, -0.25) is 0 Å². The molecule has 0 unspecified atom stereocenters. The minimum absolute atomic E-state index is 0.763. The minimum Gasteiger partial charge on any atom is -0.357 e. The Kier molecular flexibility index (Phi) is 3.82. The molecule has 1 saturated heterocycles. The van der Waals surface area contributed by atoms with Crippen molar-refractivity contribution in [3.63, 3.8) is 0 Å². The average Bonchev–Trinajstić information content (AvgIpc) is 3.07. The Morgan fingerprint density at radius 3 is 2.70 bits per heavy atom. The first kappa shape index (κ1) is 13.3. The largest absolute Gasteiger partial charge is 0.357 e. The molecule has 1 aliphatic rings. The summed E-state index contributed by atoms with van der Waals surface area (Å²) in [5, 5.41) is 4.20. The van der Waals surface area contributed by atoms with Crippen molar-refractivity contribution in [2.24, 2.45) is 0 Å². The summed E-state index contributed by atoms with van der Waals surface area (Å²) in [5.74, 6) is 1.92. The highest BCUT2D eigenvalue weighted by atomic mass is 32.1. The summed E-state index contributed by atoms with van der Waals surface area (Å²) in [5.41, 5.74) is 2.31. The zero-order valence-electron chi connectivity index (χ0n) is 11.9. The molecule has 1 aliphatic heterocycles. The van der Waals surface area contributed by atoms with Gasteiger partial charge in [0.1, 0.15) is 11.6 Å². The van der Waals surface area contributed by atoms with E-state index in [2.05, 4.69) is 43.6 Å². The van der Waals surface area contributed by atoms with Crippen molar-refractivity contribution in [3.8, 4) is 0 Å². The average molecular weight is 289 g/mol. The van der Waals surface area contributed by atoms with E-state index in [1.54, 1.807) is 0 Å². The lowest BCUT2D eigenvalue weighted by atomic mass is 10.2. The van der Waals surface area contributed by atoms with Gasteiger partial charge in [-0.2, -0.15) is 4.37 Å². The van der Waals surface area contributed by atoms with Gasteiger partial charge in [-0.15, -0.1) is 0 Å². The van der Waals surface area contributed by atoms with Crippen molar-refractivity contribution < 1.29 is 0 Å². The molecule has 3 heterocycles. The molecule has 2 aromatic rings. The Balaban J connectivity index is 1.72. The van der Waals surface area contributed by atoms with Gasteiger partial charge in [-0.05, 0) is 44.4 Å². The molecule has 6 heteroatoms. The third kappa shape index (κ3) is 3.07. The molecular formula is C14H19N5S. The van der Waals surface area contributed by atoms with Gasteiger partial charge in [0.25, 0.3) is 0 Å². The molecule has 0 spiro atoms. The van der Waals surface area contributed by atoms with Gasteiger partial charge in [0.15, 0.2) is 0 Å². The molecule has 0 amide bonds. The van der Waals surface area contributed by atoms with Crippen LogP contribution in [0.1, 0.15) is 29.9 Å². The highest BCUT2D eigenvalue weighted by Crippen LogP contribution is 2.21. The van der Waals surface area contributed by atoms with Crippen LogP contribution in [0, 0.1) is 13.8 Å². The topological polar surface area (TPSA) is 53.9 Å². The Morgan fingerprint density at radius 2 is 2.00 bits per heavy atom. The second-order valence-electron chi connectivity index (χ2n) is 5.17. The van der Waals surface area contributed by atoms with Crippen LogP contribution in [0.3, 0.4) is 0 Å². The molecular weight excluding hydrogens is 270 g/mol. The second kappa shape index (κ2) is 5.75. The predicted molar refractivity (Wildman–Crippen MR) is 82.4 cm³/mol. The fourth-order valence-electron chi connectivity index (χ4n) is 2.48. The van der Waals surface area contributed by atoms with Gasteiger partial charge in [-0.25, -0.2) is 9.97 Å². The first-order valence-corrected chi connectivity index (χ1v) is 7.75. The standard InChI is InChI=1S/C14H19N5S/c1-10-7-12(9-15-14-17-11(2)18-20-14)8-13(16-10)19-5-3-4-6-19/h7-8H,3-6,9H2,1-2H3,(H,15,17,18). The maximum absolute atomic E-state index is 4.65. The van der Waals surface area contributed by atoms with Crippen molar-refractivity contribution in [1.82, 2.24) is 14.3 Å². The lowest BCUT2D eigenvalue weighted by molar-refractivity contribution is 0.922. The van der Waals surface area contributed by atoms with Crippen LogP contribution in [-0.4, -0.2) is 27.4 Å². The predicted octanol–water partition coefficient (Wildman–Crippen LogP) is 2.76. The number of nitrogens with zero attached hydrogens (tertiary/aromatic N) is 4. The molecule has 5 nitrogen and oxygen atoms in total. The summed E-state index contributed by atoms with van der Waals surface area (Å²) in [4.78, 5) is 11.3. The number of hydrogen-bond acceptors (Lipinski definition) is 6. The summed E-state index contributed by atoms with van der Waals surface area (Å²) in [6.07, 6.45) is 2.54. The van der Waals surface area contributed by atoms with Gasteiger partial charge in [0.2, 0.25) is 5.13 Å². The molecule has 20 heavy (non-hydrogen) atoms. The Bertz CT molecular complexity index is 589. The van der Waals surface area contributed by atoms with Crippen LogP contribution in [-0.2, 0) is 6.54 Å². The number of hydrogen-bond donors (Lipinski definition) is 1. The maximum atomic E-state index is 4.65. The summed E-state index contributed by atoms with van der Waals surface area (Å²) < 4.78 is 4.17. The molecule has 0 aliphatic carbocycles. The van der Waals surface area contributed by atoms with Crippen molar-refractivity contribution in [2.45, 2.75) is 33.2 Å². The minimum atomic E-state index is 0.763. The van der Waals surface area contributed by atoms with Gasteiger partial charge in [0.05, 0.1) is 0 Å². The zero-order chi connectivity index (χ0) is 13.9. The first-order valence-electron chi connectivity index (χ1n) is 6.97. The number of aryl methyl sites for hydroxylation is 2. The number of rotatable bonds is 4. The van der Waals surface area contributed by atoms with E-state index in [0.29, 0.717) is 0 Å². The summed E-state index contributed by atoms with van der Waals surface area (Å²) in [7, 11) is 0. The molecule has 0 radical (unpaired) electrons. The molecule has 0 bridgehead atoms. The number of aromatic nitrogens is 3. The van der Waals surface area contributed by atoms with Crippen LogP contribution >= 0.6 is 11.5 Å². The molecule has 1 fully saturated rings. The van der Waals surface area contributed by atoms with E-state index in [9.17, 15) is 0 Å². The third-order valence-electron chi connectivity index (χ3n) is 3.40. The fourth-order valence-corrected chi connectivity index (χ4v) is 3.05. The van der Waals surface area contributed by atoms with Crippen LogP contribution in [0.2, 0.25) is 0 Å². The first-order chi connectivity index (χ1) is 9.70. The molecule has 2 aromatic heterocycles. The smallest absolute Gasteiger partial charge is 0.202 e. The molecule has 1 N–H and O–H groups in total. The molecule has 106 valence electrons.